The predicted molar refractivity (Wildman–Crippen MR) is 71.6 cm³/mol. The Morgan fingerprint density at radius 1 is 1.35 bits per heavy atom. The van der Waals surface area contributed by atoms with Gasteiger partial charge in [-0.3, -0.25) is 14.4 Å². The Morgan fingerprint density at radius 3 is 2.75 bits per heavy atom. The first-order chi connectivity index (χ1) is 9.49. The SMILES string of the molecule is CC(CNC(=O)c1cc(=O)c2ccccc2o1)C(=O)O. The zero-order valence-corrected chi connectivity index (χ0v) is 10.8. The van der Waals surface area contributed by atoms with Gasteiger partial charge in [-0.2, -0.15) is 0 Å². The molecule has 0 saturated carbocycles. The van der Waals surface area contributed by atoms with E-state index in [1.807, 2.05) is 0 Å². The van der Waals surface area contributed by atoms with E-state index in [9.17, 15) is 14.4 Å². The summed E-state index contributed by atoms with van der Waals surface area (Å²) in [6.45, 7) is 1.43. The van der Waals surface area contributed by atoms with Crippen LogP contribution < -0.4 is 10.7 Å². The van der Waals surface area contributed by atoms with Gasteiger partial charge in [-0.25, -0.2) is 0 Å². The van der Waals surface area contributed by atoms with Gasteiger partial charge in [-0.15, -0.1) is 0 Å². The topological polar surface area (TPSA) is 96.6 Å². The lowest BCUT2D eigenvalue weighted by Crippen LogP contribution is -2.31. The average Bonchev–Trinajstić information content (AvgIpc) is 2.44. The van der Waals surface area contributed by atoms with Gasteiger partial charge in [-0.1, -0.05) is 19.1 Å². The third kappa shape index (κ3) is 2.85. The molecule has 2 N–H and O–H groups in total. The summed E-state index contributed by atoms with van der Waals surface area (Å²) < 4.78 is 5.34. The van der Waals surface area contributed by atoms with Gasteiger partial charge in [-0.05, 0) is 12.1 Å². The van der Waals surface area contributed by atoms with Crippen LogP contribution in [0.4, 0.5) is 0 Å². The molecule has 0 radical (unpaired) electrons. The van der Waals surface area contributed by atoms with Crippen LogP contribution in [0.3, 0.4) is 0 Å². The highest BCUT2D eigenvalue weighted by atomic mass is 16.4. The summed E-state index contributed by atoms with van der Waals surface area (Å²) in [4.78, 5) is 34.3. The largest absolute Gasteiger partial charge is 0.481 e. The lowest BCUT2D eigenvalue weighted by Gasteiger charge is -2.08. The molecule has 1 atom stereocenters. The van der Waals surface area contributed by atoms with Gasteiger partial charge >= 0.3 is 5.97 Å². The van der Waals surface area contributed by atoms with Gasteiger partial charge in [0.15, 0.2) is 11.2 Å². The van der Waals surface area contributed by atoms with Crippen LogP contribution in [-0.4, -0.2) is 23.5 Å². The minimum atomic E-state index is -1.01. The summed E-state index contributed by atoms with van der Waals surface area (Å²) in [5.41, 5.74) is -0.000263. The molecule has 1 amide bonds. The highest BCUT2D eigenvalue weighted by Gasteiger charge is 2.15. The van der Waals surface area contributed by atoms with E-state index in [0.717, 1.165) is 6.07 Å². The summed E-state index contributed by atoms with van der Waals surface area (Å²) in [5.74, 6) is -2.47. The smallest absolute Gasteiger partial charge is 0.308 e. The van der Waals surface area contributed by atoms with Gasteiger partial charge in [0, 0.05) is 12.6 Å². The predicted octanol–water partition coefficient (Wildman–Crippen LogP) is 1.24. The summed E-state index contributed by atoms with van der Waals surface area (Å²) in [6, 6.07) is 7.69. The monoisotopic (exact) mass is 275 g/mol. The van der Waals surface area contributed by atoms with Crippen molar-refractivity contribution in [2.24, 2.45) is 5.92 Å². The van der Waals surface area contributed by atoms with Gasteiger partial charge in [0.05, 0.1) is 11.3 Å². The van der Waals surface area contributed by atoms with Crippen molar-refractivity contribution < 1.29 is 19.1 Å². The molecule has 2 aromatic rings. The number of nitrogens with one attached hydrogen (secondary N) is 1. The molecule has 0 fully saturated rings. The van der Waals surface area contributed by atoms with Gasteiger partial charge in [0.25, 0.3) is 5.91 Å². The number of hydrogen-bond donors (Lipinski definition) is 2. The standard InChI is InChI=1S/C14H13NO5/c1-8(14(18)19)7-15-13(17)12-6-10(16)9-4-2-3-5-11(9)20-12/h2-6,8H,7H2,1H3,(H,15,17)(H,18,19). The van der Waals surface area contributed by atoms with E-state index in [0.29, 0.717) is 11.0 Å². The maximum atomic E-state index is 11.8. The van der Waals surface area contributed by atoms with E-state index in [4.69, 9.17) is 9.52 Å². The van der Waals surface area contributed by atoms with Crippen LogP contribution in [0.25, 0.3) is 11.0 Å². The van der Waals surface area contributed by atoms with E-state index in [1.54, 1.807) is 24.3 Å². The lowest BCUT2D eigenvalue weighted by molar-refractivity contribution is -0.140. The molecule has 1 aromatic carbocycles. The van der Waals surface area contributed by atoms with Crippen molar-refractivity contribution >= 4 is 22.8 Å². The van der Waals surface area contributed by atoms with Crippen LogP contribution in [0.2, 0.25) is 0 Å². The van der Waals surface area contributed by atoms with Gasteiger partial charge < -0.3 is 14.8 Å². The molecule has 20 heavy (non-hydrogen) atoms. The number of amides is 1. The number of carboxylic acids is 1. The number of carbonyl (C=O) groups is 2. The van der Waals surface area contributed by atoms with Crippen LogP contribution in [0.5, 0.6) is 0 Å². The quantitative estimate of drug-likeness (QED) is 0.875. The first-order valence-electron chi connectivity index (χ1n) is 6.03. The Morgan fingerprint density at radius 2 is 2.05 bits per heavy atom. The zero-order valence-electron chi connectivity index (χ0n) is 10.8. The Bertz CT molecular complexity index is 719. The lowest BCUT2D eigenvalue weighted by atomic mass is 10.2. The molecule has 6 heteroatoms. The molecule has 104 valence electrons. The third-order valence-electron chi connectivity index (χ3n) is 2.85. The molecule has 1 aromatic heterocycles. The van der Waals surface area contributed by atoms with Crippen molar-refractivity contribution in [3.8, 4) is 0 Å². The molecule has 1 unspecified atom stereocenters. The maximum Gasteiger partial charge on any atom is 0.308 e. The minimum absolute atomic E-state index is 0.0370. The molecular formula is C14H13NO5. The molecule has 0 bridgehead atoms. The van der Waals surface area contributed by atoms with E-state index < -0.39 is 17.8 Å². The highest BCUT2D eigenvalue weighted by molar-refractivity contribution is 5.93. The molecule has 0 saturated heterocycles. The Kier molecular flexibility index (Phi) is 3.84. The van der Waals surface area contributed by atoms with E-state index in [-0.39, 0.29) is 17.7 Å². The number of hydrogen-bond acceptors (Lipinski definition) is 4. The van der Waals surface area contributed by atoms with Crippen LogP contribution in [0.1, 0.15) is 17.5 Å². The van der Waals surface area contributed by atoms with Crippen molar-refractivity contribution in [3.63, 3.8) is 0 Å². The highest BCUT2D eigenvalue weighted by Crippen LogP contribution is 2.11. The summed E-state index contributed by atoms with van der Waals surface area (Å²) in [5, 5.41) is 11.5. The maximum absolute atomic E-state index is 11.8. The van der Waals surface area contributed by atoms with Crippen LogP contribution in [-0.2, 0) is 4.79 Å². The third-order valence-corrected chi connectivity index (χ3v) is 2.85. The van der Waals surface area contributed by atoms with Crippen LogP contribution in [0, 0.1) is 5.92 Å². The van der Waals surface area contributed by atoms with Crippen molar-refractivity contribution in [2.45, 2.75) is 6.92 Å². The normalized spacial score (nSPS) is 12.1. The molecule has 0 aliphatic heterocycles. The number of aliphatic carboxylic acids is 1. The number of carboxylic acid groups (broad SMARTS) is 1. The summed E-state index contributed by atoms with van der Waals surface area (Å²) in [6.07, 6.45) is 0. The van der Waals surface area contributed by atoms with Crippen LogP contribution >= 0.6 is 0 Å². The van der Waals surface area contributed by atoms with E-state index in [1.165, 1.54) is 6.92 Å². The van der Waals surface area contributed by atoms with Gasteiger partial charge in [0.1, 0.15) is 5.58 Å². The molecule has 0 aliphatic rings. The number of rotatable bonds is 4. The van der Waals surface area contributed by atoms with Crippen molar-refractivity contribution in [1.29, 1.82) is 0 Å². The number of carbonyl (C=O) groups excluding carboxylic acids is 1. The second-order valence-corrected chi connectivity index (χ2v) is 4.42. The average molecular weight is 275 g/mol. The summed E-state index contributed by atoms with van der Waals surface area (Å²) in [7, 11) is 0. The second-order valence-electron chi connectivity index (χ2n) is 4.42. The Hall–Kier alpha value is -2.63. The molecule has 2 rings (SSSR count). The fourth-order valence-electron chi connectivity index (χ4n) is 1.64. The van der Waals surface area contributed by atoms with Crippen molar-refractivity contribution in [3.05, 3.63) is 46.3 Å². The fraction of sp³-hybridized carbons (Fsp3) is 0.214. The number of para-hydroxylation sites is 1. The molecular weight excluding hydrogens is 262 g/mol. The van der Waals surface area contributed by atoms with E-state index >= 15 is 0 Å². The molecule has 0 aliphatic carbocycles. The molecule has 0 spiro atoms. The summed E-state index contributed by atoms with van der Waals surface area (Å²) >= 11 is 0. The van der Waals surface area contributed by atoms with Crippen LogP contribution in [0.15, 0.2) is 39.5 Å². The Labute approximate surface area is 114 Å². The van der Waals surface area contributed by atoms with Crippen molar-refractivity contribution in [1.82, 2.24) is 5.32 Å². The first-order valence-corrected chi connectivity index (χ1v) is 6.03. The fourth-order valence-corrected chi connectivity index (χ4v) is 1.64. The Balaban J connectivity index is 2.23. The van der Waals surface area contributed by atoms with E-state index in [2.05, 4.69) is 5.32 Å². The van der Waals surface area contributed by atoms with Crippen molar-refractivity contribution in [2.75, 3.05) is 6.54 Å². The minimum Gasteiger partial charge on any atom is -0.481 e. The first kappa shape index (κ1) is 13.8. The number of benzene rings is 1. The number of fused-ring (bicyclic) bond motifs is 1. The zero-order chi connectivity index (χ0) is 14.7. The molecule has 1 heterocycles. The second kappa shape index (κ2) is 5.56. The van der Waals surface area contributed by atoms with Gasteiger partial charge in [0.2, 0.25) is 0 Å². The molecule has 6 nitrogen and oxygen atoms in total.